The van der Waals surface area contributed by atoms with Gasteiger partial charge in [-0.15, -0.1) is 10.2 Å². The van der Waals surface area contributed by atoms with E-state index >= 15 is 0 Å². The van der Waals surface area contributed by atoms with E-state index in [1.807, 2.05) is 0 Å². The highest BCUT2D eigenvalue weighted by molar-refractivity contribution is 6.17. The number of fused-ring (bicyclic) bond motifs is 1. The van der Waals surface area contributed by atoms with Crippen LogP contribution >= 0.6 is 0 Å². The molecule has 0 radical (unpaired) electrons. The van der Waals surface area contributed by atoms with E-state index in [4.69, 9.17) is 5.73 Å². The summed E-state index contributed by atoms with van der Waals surface area (Å²) in [6.07, 6.45) is 0.826. The second kappa shape index (κ2) is 8.22. The van der Waals surface area contributed by atoms with E-state index in [0.717, 1.165) is 18.2 Å². The normalized spacial score (nSPS) is 11.6. The van der Waals surface area contributed by atoms with Crippen LogP contribution in [0.2, 0.25) is 0 Å². The molecule has 4 rings (SSSR count). The van der Waals surface area contributed by atoms with Crippen LogP contribution in [-0.2, 0) is 6.42 Å². The number of nitrogens with two attached hydrogens (primary N) is 1. The second-order valence-corrected chi connectivity index (χ2v) is 6.86. The minimum absolute atomic E-state index is 0.0427. The molecule has 33 heavy (non-hydrogen) atoms. The fourth-order valence-corrected chi connectivity index (χ4v) is 3.20. The largest absolute Gasteiger partial charge is 0.368 e. The molecule has 0 atom stereocenters. The van der Waals surface area contributed by atoms with E-state index in [1.54, 1.807) is 0 Å². The molecule has 2 aromatic heterocycles. The molecule has 13 nitrogen and oxygen atoms in total. The number of Topliss-reactive ketones (excluding diaryl/α,β-unsaturated/α-hetero) is 2. The van der Waals surface area contributed by atoms with Gasteiger partial charge in [0.15, 0.2) is 11.6 Å². The van der Waals surface area contributed by atoms with Gasteiger partial charge in [0.1, 0.15) is 0 Å². The molecule has 0 spiro atoms. The van der Waals surface area contributed by atoms with E-state index in [-0.39, 0.29) is 51.7 Å². The molecular weight excluding hydrogens is 434 g/mol. The van der Waals surface area contributed by atoms with Crippen molar-refractivity contribution in [2.75, 3.05) is 5.73 Å². The Labute approximate surface area is 183 Å². The summed E-state index contributed by atoms with van der Waals surface area (Å²) in [5.41, 5.74) is 5.60. The van der Waals surface area contributed by atoms with Gasteiger partial charge in [0.2, 0.25) is 5.95 Å². The predicted molar refractivity (Wildman–Crippen MR) is 113 cm³/mol. The lowest BCUT2D eigenvalue weighted by atomic mass is 10.0. The zero-order chi connectivity index (χ0) is 23.7. The Morgan fingerprint density at radius 3 is 2.21 bits per heavy atom. The Morgan fingerprint density at radius 2 is 1.58 bits per heavy atom. The molecule has 164 valence electrons. The number of hydrogen-bond acceptors (Lipinski definition) is 10. The summed E-state index contributed by atoms with van der Waals surface area (Å²) in [5, 5.41) is 29.6. The summed E-state index contributed by atoms with van der Waals surface area (Å²) in [6.45, 7) is 0. The molecule has 0 aliphatic heterocycles. The number of nitrogen functional groups attached to an aromatic ring is 1. The molecule has 13 heteroatoms. The number of non-ortho nitro benzene ring substituents is 2. The van der Waals surface area contributed by atoms with Crippen LogP contribution < -0.4 is 11.1 Å². The fraction of sp³-hybridized carbons (Fsp3) is 0.0500. The molecule has 0 saturated carbocycles. The Balaban J connectivity index is 1.77. The molecule has 0 aliphatic rings. The molecule has 4 aromatic rings. The zero-order valence-corrected chi connectivity index (χ0v) is 16.6. The minimum atomic E-state index is -0.625. The number of rotatable bonds is 7. The Morgan fingerprint density at radius 1 is 0.970 bits per heavy atom. The highest BCUT2D eigenvalue weighted by Crippen LogP contribution is 2.16. The van der Waals surface area contributed by atoms with Gasteiger partial charge in [-0.3, -0.25) is 29.8 Å². The molecule has 0 saturated heterocycles. The van der Waals surface area contributed by atoms with Gasteiger partial charge in [-0.05, 0) is 0 Å². The third-order valence-electron chi connectivity index (χ3n) is 4.76. The first-order chi connectivity index (χ1) is 15.7. The summed E-state index contributed by atoms with van der Waals surface area (Å²) in [7, 11) is 0. The van der Waals surface area contributed by atoms with Crippen LogP contribution in [0.1, 0.15) is 26.4 Å². The van der Waals surface area contributed by atoms with Crippen LogP contribution in [0.15, 0.2) is 48.5 Å². The predicted octanol–water partition coefficient (Wildman–Crippen LogP) is 1.33. The fourth-order valence-electron chi connectivity index (χ4n) is 3.20. The average molecular weight is 447 g/mol. The summed E-state index contributed by atoms with van der Waals surface area (Å²) in [4.78, 5) is 50.6. The summed E-state index contributed by atoms with van der Waals surface area (Å²) < 4.78 is 1.27. The van der Waals surface area contributed by atoms with Crippen LogP contribution in [0.4, 0.5) is 17.3 Å². The highest BCUT2D eigenvalue weighted by Gasteiger charge is 2.19. The highest BCUT2D eigenvalue weighted by atomic mass is 16.6. The average Bonchev–Trinajstić information content (AvgIpc) is 3.33. The SMILES string of the molecule is Nc1nnc2nc(CC(=O)c3cccc([N+](=O)[O-])c3)/c(=C\C(=O)c3cccc([N+](=O)[O-])c3)n12. The van der Waals surface area contributed by atoms with Crippen molar-refractivity contribution in [2.24, 2.45) is 0 Å². The molecule has 2 N–H and O–H groups in total. The molecular formula is C20H13N7O6. The lowest BCUT2D eigenvalue weighted by Gasteiger charge is -2.00. The van der Waals surface area contributed by atoms with Gasteiger partial charge in [-0.2, -0.15) is 0 Å². The lowest BCUT2D eigenvalue weighted by Crippen LogP contribution is -2.20. The molecule has 0 amide bonds. The molecule has 2 heterocycles. The quantitative estimate of drug-likeness (QED) is 0.246. The van der Waals surface area contributed by atoms with Crippen molar-refractivity contribution in [3.8, 4) is 0 Å². The molecule has 2 aromatic carbocycles. The van der Waals surface area contributed by atoms with Crippen LogP contribution in [0, 0.1) is 20.2 Å². The van der Waals surface area contributed by atoms with E-state index in [9.17, 15) is 29.8 Å². The van der Waals surface area contributed by atoms with Gasteiger partial charge in [-0.25, -0.2) is 9.38 Å². The number of aromatic nitrogens is 4. The third kappa shape index (κ3) is 4.10. The number of carbonyl (C=O) groups excluding carboxylic acids is 2. The Bertz CT molecular complexity index is 1510. The van der Waals surface area contributed by atoms with Crippen LogP contribution in [-0.4, -0.2) is 41.0 Å². The van der Waals surface area contributed by atoms with Crippen molar-refractivity contribution in [2.45, 2.75) is 6.42 Å². The summed E-state index contributed by atoms with van der Waals surface area (Å²) >= 11 is 0. The second-order valence-electron chi connectivity index (χ2n) is 6.86. The maximum atomic E-state index is 12.8. The van der Waals surface area contributed by atoms with E-state index in [2.05, 4.69) is 15.2 Å². The standard InChI is InChI=1S/C20H13N7O6/c21-19-23-24-20-22-15(9-17(28)11-3-1-5-13(7-11)26(30)31)16(25(19)20)10-18(29)12-4-2-6-14(8-12)27(32)33/h1-8,10H,9H2,(H2,21,23)/b16-10+. The van der Waals surface area contributed by atoms with Crippen LogP contribution in [0.3, 0.4) is 0 Å². The van der Waals surface area contributed by atoms with Gasteiger partial charge in [0, 0.05) is 41.5 Å². The number of benzene rings is 2. The lowest BCUT2D eigenvalue weighted by molar-refractivity contribution is -0.385. The minimum Gasteiger partial charge on any atom is -0.368 e. The number of carbonyl (C=O) groups is 2. The van der Waals surface area contributed by atoms with Crippen molar-refractivity contribution in [1.82, 2.24) is 19.6 Å². The number of ketones is 2. The Hall–Kier alpha value is -5.07. The van der Waals surface area contributed by atoms with Gasteiger partial charge < -0.3 is 5.73 Å². The smallest absolute Gasteiger partial charge is 0.270 e. The monoisotopic (exact) mass is 447 g/mol. The molecule has 0 unspecified atom stereocenters. The first-order valence-corrected chi connectivity index (χ1v) is 9.32. The summed E-state index contributed by atoms with van der Waals surface area (Å²) in [5.74, 6) is -1.11. The number of hydrogen-bond donors (Lipinski definition) is 1. The number of nitro groups is 2. The van der Waals surface area contributed by atoms with Crippen molar-refractivity contribution in [3.63, 3.8) is 0 Å². The maximum absolute atomic E-state index is 12.8. The van der Waals surface area contributed by atoms with Crippen LogP contribution in [0.5, 0.6) is 0 Å². The summed E-state index contributed by atoms with van der Waals surface area (Å²) in [6, 6.07) is 10.4. The van der Waals surface area contributed by atoms with Crippen molar-refractivity contribution in [3.05, 3.63) is 90.9 Å². The number of nitrogens with zero attached hydrogens (tertiary/aromatic N) is 6. The van der Waals surface area contributed by atoms with E-state index < -0.39 is 21.4 Å². The van der Waals surface area contributed by atoms with Crippen molar-refractivity contribution < 1.29 is 19.4 Å². The van der Waals surface area contributed by atoms with Gasteiger partial charge in [0.25, 0.3) is 17.2 Å². The molecule has 0 aliphatic carbocycles. The van der Waals surface area contributed by atoms with Gasteiger partial charge in [-0.1, -0.05) is 24.3 Å². The number of nitro benzene ring substituents is 2. The molecule has 0 bridgehead atoms. The number of anilines is 1. The first-order valence-electron chi connectivity index (χ1n) is 9.32. The van der Waals surface area contributed by atoms with Gasteiger partial charge in [0.05, 0.1) is 27.3 Å². The molecule has 0 fully saturated rings. The van der Waals surface area contributed by atoms with Crippen molar-refractivity contribution in [1.29, 1.82) is 0 Å². The van der Waals surface area contributed by atoms with Gasteiger partial charge >= 0.3 is 0 Å². The van der Waals surface area contributed by atoms with E-state index in [1.165, 1.54) is 40.8 Å². The van der Waals surface area contributed by atoms with Crippen molar-refractivity contribution >= 4 is 40.7 Å². The van der Waals surface area contributed by atoms with E-state index in [0.29, 0.717) is 0 Å². The maximum Gasteiger partial charge on any atom is 0.270 e. The van der Waals surface area contributed by atoms with Crippen LogP contribution in [0.25, 0.3) is 11.9 Å². The third-order valence-corrected chi connectivity index (χ3v) is 4.76. The topological polar surface area (TPSA) is 190 Å². The Kier molecular flexibility index (Phi) is 5.27. The first kappa shape index (κ1) is 21.2. The zero-order valence-electron chi connectivity index (χ0n) is 16.6. The number of imidazole rings is 1.